The van der Waals surface area contributed by atoms with Gasteiger partial charge >= 0.3 is 0 Å². The van der Waals surface area contributed by atoms with Crippen molar-refractivity contribution in [3.63, 3.8) is 0 Å². The Bertz CT molecular complexity index is 873. The van der Waals surface area contributed by atoms with Gasteiger partial charge in [-0.1, -0.05) is 62.7 Å². The van der Waals surface area contributed by atoms with Crippen LogP contribution in [0.15, 0.2) is 53.2 Å². The fraction of sp³-hybridized carbons (Fsp3) is 0.250. The Balaban J connectivity index is 1.80. The molecule has 0 saturated carbocycles. The van der Waals surface area contributed by atoms with Crippen LogP contribution in [-0.4, -0.2) is 16.2 Å². The van der Waals surface area contributed by atoms with Gasteiger partial charge in [0, 0.05) is 11.1 Å². The van der Waals surface area contributed by atoms with E-state index in [9.17, 15) is 4.79 Å². The highest BCUT2D eigenvalue weighted by atomic mass is 16.6. The molecule has 25 heavy (non-hydrogen) atoms. The Hall–Kier alpha value is -2.95. The molecule has 5 nitrogen and oxygen atoms in total. The van der Waals surface area contributed by atoms with E-state index in [-0.39, 0.29) is 11.3 Å². The van der Waals surface area contributed by atoms with Crippen molar-refractivity contribution in [2.75, 3.05) is 5.32 Å². The van der Waals surface area contributed by atoms with Gasteiger partial charge in [-0.3, -0.25) is 4.79 Å². The number of aromatic nitrogens is 2. The topological polar surface area (TPSA) is 68.0 Å². The van der Waals surface area contributed by atoms with E-state index in [0.29, 0.717) is 17.1 Å². The van der Waals surface area contributed by atoms with Crippen LogP contribution in [0.1, 0.15) is 42.3 Å². The number of nitrogens with one attached hydrogen (secondary N) is 1. The summed E-state index contributed by atoms with van der Waals surface area (Å²) in [6, 6.07) is 15.4. The first-order chi connectivity index (χ1) is 11.8. The molecule has 0 aliphatic carbocycles. The fourth-order valence-corrected chi connectivity index (χ4v) is 2.47. The number of carbonyl (C=O) groups is 1. The minimum Gasteiger partial charge on any atom is -0.302 e. The molecule has 0 radical (unpaired) electrons. The van der Waals surface area contributed by atoms with Crippen LogP contribution in [0.25, 0.3) is 11.3 Å². The van der Waals surface area contributed by atoms with Crippen LogP contribution in [-0.2, 0) is 5.41 Å². The highest BCUT2D eigenvalue weighted by molar-refractivity contribution is 6.05. The van der Waals surface area contributed by atoms with Crippen LogP contribution in [0.3, 0.4) is 0 Å². The van der Waals surface area contributed by atoms with E-state index in [0.717, 1.165) is 11.1 Å². The molecule has 1 N–H and O–H groups in total. The van der Waals surface area contributed by atoms with Crippen molar-refractivity contribution in [2.45, 2.75) is 33.1 Å². The third-order valence-corrected chi connectivity index (χ3v) is 4.06. The van der Waals surface area contributed by atoms with Gasteiger partial charge in [-0.25, -0.2) is 4.63 Å². The van der Waals surface area contributed by atoms with Crippen LogP contribution in [0.4, 0.5) is 5.82 Å². The maximum absolute atomic E-state index is 12.5. The lowest BCUT2D eigenvalue weighted by Gasteiger charge is -2.18. The molecule has 0 aliphatic heterocycles. The molecule has 3 aromatic rings. The van der Waals surface area contributed by atoms with E-state index < -0.39 is 0 Å². The van der Waals surface area contributed by atoms with Gasteiger partial charge in [-0.15, -0.1) is 0 Å². The van der Waals surface area contributed by atoms with Gasteiger partial charge in [0.15, 0.2) is 5.69 Å². The maximum atomic E-state index is 12.5. The number of rotatable bonds is 3. The number of aryl methyl sites for hydroxylation is 1. The van der Waals surface area contributed by atoms with Crippen LogP contribution in [0, 0.1) is 6.92 Å². The van der Waals surface area contributed by atoms with E-state index in [4.69, 9.17) is 4.63 Å². The van der Waals surface area contributed by atoms with Crippen LogP contribution in [0.2, 0.25) is 0 Å². The van der Waals surface area contributed by atoms with Crippen molar-refractivity contribution in [3.05, 3.63) is 65.2 Å². The molecular weight excluding hydrogens is 314 g/mol. The molecule has 0 aliphatic rings. The average Bonchev–Trinajstić information content (AvgIpc) is 3.03. The molecule has 128 valence electrons. The van der Waals surface area contributed by atoms with Gasteiger partial charge in [-0.2, -0.15) is 0 Å². The van der Waals surface area contributed by atoms with Gasteiger partial charge in [0.05, 0.1) is 0 Å². The number of carbonyl (C=O) groups excluding carboxylic acids is 1. The van der Waals surface area contributed by atoms with Crippen LogP contribution < -0.4 is 5.32 Å². The zero-order valence-electron chi connectivity index (χ0n) is 14.8. The van der Waals surface area contributed by atoms with Crippen LogP contribution >= 0.6 is 0 Å². The van der Waals surface area contributed by atoms with Gasteiger partial charge in [0.2, 0.25) is 5.82 Å². The van der Waals surface area contributed by atoms with Crippen molar-refractivity contribution in [3.8, 4) is 11.3 Å². The molecule has 2 aromatic carbocycles. The first-order valence-electron chi connectivity index (χ1n) is 8.16. The SMILES string of the molecule is Cc1ccc(-c2nonc2NC(=O)c2ccc(C(C)(C)C)cc2)cc1. The highest BCUT2D eigenvalue weighted by Crippen LogP contribution is 2.26. The summed E-state index contributed by atoms with van der Waals surface area (Å²) in [6.45, 7) is 8.42. The van der Waals surface area contributed by atoms with E-state index in [1.54, 1.807) is 0 Å². The van der Waals surface area contributed by atoms with E-state index in [2.05, 4.69) is 36.4 Å². The Labute approximate surface area is 147 Å². The molecule has 0 bridgehead atoms. The average molecular weight is 335 g/mol. The monoisotopic (exact) mass is 335 g/mol. The van der Waals surface area contributed by atoms with Gasteiger partial charge < -0.3 is 5.32 Å². The molecular formula is C20H21N3O2. The molecule has 0 atom stereocenters. The Kier molecular flexibility index (Phi) is 4.40. The highest BCUT2D eigenvalue weighted by Gasteiger charge is 2.17. The standard InChI is InChI=1S/C20H21N3O2/c1-13-5-7-14(8-6-13)17-18(23-25-22-17)21-19(24)15-9-11-16(12-10-15)20(2,3)4/h5-12H,1-4H3,(H,21,23,24). The lowest BCUT2D eigenvalue weighted by atomic mass is 9.87. The van der Waals surface area contributed by atoms with Crippen molar-refractivity contribution in [1.82, 2.24) is 10.3 Å². The van der Waals surface area contributed by atoms with Crippen molar-refractivity contribution in [2.24, 2.45) is 0 Å². The minimum atomic E-state index is -0.246. The summed E-state index contributed by atoms with van der Waals surface area (Å²) in [6.07, 6.45) is 0. The first kappa shape index (κ1) is 16.9. The minimum absolute atomic E-state index is 0.0453. The van der Waals surface area contributed by atoms with Crippen LogP contribution in [0.5, 0.6) is 0 Å². The third kappa shape index (κ3) is 3.76. The predicted molar refractivity (Wildman–Crippen MR) is 97.6 cm³/mol. The fourth-order valence-electron chi connectivity index (χ4n) is 2.47. The summed E-state index contributed by atoms with van der Waals surface area (Å²) in [7, 11) is 0. The van der Waals surface area contributed by atoms with Gasteiger partial charge in [0.1, 0.15) is 0 Å². The molecule has 0 fully saturated rings. The lowest BCUT2D eigenvalue weighted by Crippen LogP contribution is -2.15. The Morgan fingerprint density at radius 1 is 0.960 bits per heavy atom. The summed E-state index contributed by atoms with van der Waals surface area (Å²) in [5.41, 5.74) is 4.27. The molecule has 0 spiro atoms. The maximum Gasteiger partial charge on any atom is 0.256 e. The summed E-state index contributed by atoms with van der Waals surface area (Å²) < 4.78 is 4.82. The Morgan fingerprint density at radius 2 is 1.60 bits per heavy atom. The van der Waals surface area contributed by atoms with Gasteiger partial charge in [0.25, 0.3) is 5.91 Å². The number of amides is 1. The molecule has 0 unspecified atom stereocenters. The number of anilines is 1. The summed E-state index contributed by atoms with van der Waals surface area (Å²) in [4.78, 5) is 12.5. The van der Waals surface area contributed by atoms with Crippen molar-refractivity contribution < 1.29 is 9.42 Å². The number of hydrogen-bond acceptors (Lipinski definition) is 4. The smallest absolute Gasteiger partial charge is 0.256 e. The molecule has 1 heterocycles. The summed E-state index contributed by atoms with van der Waals surface area (Å²) in [5.74, 6) is 0.0678. The van der Waals surface area contributed by atoms with Crippen molar-refractivity contribution in [1.29, 1.82) is 0 Å². The first-order valence-corrected chi connectivity index (χ1v) is 8.16. The zero-order chi connectivity index (χ0) is 18.0. The van der Waals surface area contributed by atoms with Gasteiger partial charge in [-0.05, 0) is 40.3 Å². The second kappa shape index (κ2) is 6.51. The third-order valence-electron chi connectivity index (χ3n) is 4.06. The number of benzene rings is 2. The van der Waals surface area contributed by atoms with E-state index in [1.807, 2.05) is 55.5 Å². The number of nitrogens with zero attached hydrogens (tertiary/aromatic N) is 2. The normalized spacial score (nSPS) is 11.4. The zero-order valence-corrected chi connectivity index (χ0v) is 14.8. The van der Waals surface area contributed by atoms with Crippen molar-refractivity contribution >= 4 is 11.7 Å². The summed E-state index contributed by atoms with van der Waals surface area (Å²) >= 11 is 0. The second-order valence-electron chi connectivity index (χ2n) is 7.11. The lowest BCUT2D eigenvalue weighted by molar-refractivity contribution is 0.102. The van der Waals surface area contributed by atoms with E-state index in [1.165, 1.54) is 5.56 Å². The molecule has 5 heteroatoms. The summed E-state index contributed by atoms with van der Waals surface area (Å²) in [5, 5.41) is 10.5. The molecule has 3 rings (SSSR count). The molecule has 1 aromatic heterocycles. The largest absolute Gasteiger partial charge is 0.302 e. The quantitative estimate of drug-likeness (QED) is 0.760. The predicted octanol–water partition coefficient (Wildman–Crippen LogP) is 4.59. The molecule has 1 amide bonds. The molecule has 0 saturated heterocycles. The number of hydrogen-bond donors (Lipinski definition) is 1. The Morgan fingerprint density at radius 3 is 2.20 bits per heavy atom. The van der Waals surface area contributed by atoms with E-state index >= 15 is 0 Å². The second-order valence-corrected chi connectivity index (χ2v) is 7.11.